The summed E-state index contributed by atoms with van der Waals surface area (Å²) in [5.74, 6) is -2.21. The zero-order valence-corrected chi connectivity index (χ0v) is 14.9. The number of hydrogen-bond donors (Lipinski definition) is 2. The minimum Gasteiger partial charge on any atom is -0.477 e. The average molecular weight is 324 g/mol. The lowest BCUT2D eigenvalue weighted by molar-refractivity contribution is -0.140. The molecule has 1 fully saturated rings. The van der Waals surface area contributed by atoms with E-state index in [2.05, 4.69) is 20.8 Å². The Labute approximate surface area is 140 Å². The molecule has 0 aliphatic heterocycles. The summed E-state index contributed by atoms with van der Waals surface area (Å²) < 4.78 is 0. The number of carboxylic acid groups (broad SMARTS) is 2. The second-order valence-corrected chi connectivity index (χ2v) is 6.97. The van der Waals surface area contributed by atoms with Crippen LogP contribution in [0, 0.1) is 11.3 Å². The standard InChI is InChI=1S/C19H32O4/c1-4-6-11-15(16(17(20)21)18(22)23)19(12-7-5-2)13-9-8-10-14(19)3/h14H,4-13H2,1-3H3,(H,20,21)(H,22,23). The third-order valence-corrected chi connectivity index (χ3v) is 5.54. The highest BCUT2D eigenvalue weighted by atomic mass is 16.4. The van der Waals surface area contributed by atoms with Gasteiger partial charge in [-0.25, -0.2) is 9.59 Å². The van der Waals surface area contributed by atoms with Crippen molar-refractivity contribution < 1.29 is 19.8 Å². The van der Waals surface area contributed by atoms with Gasteiger partial charge in [-0.3, -0.25) is 0 Å². The van der Waals surface area contributed by atoms with Gasteiger partial charge in [0.1, 0.15) is 5.57 Å². The van der Waals surface area contributed by atoms with E-state index in [4.69, 9.17) is 0 Å². The van der Waals surface area contributed by atoms with Crippen molar-refractivity contribution in [3.8, 4) is 0 Å². The Morgan fingerprint density at radius 2 is 1.65 bits per heavy atom. The van der Waals surface area contributed by atoms with E-state index in [1.165, 1.54) is 0 Å². The maximum atomic E-state index is 11.7. The zero-order valence-electron chi connectivity index (χ0n) is 14.9. The summed E-state index contributed by atoms with van der Waals surface area (Å²) in [6, 6.07) is 0. The smallest absolute Gasteiger partial charge is 0.343 e. The topological polar surface area (TPSA) is 74.6 Å². The summed E-state index contributed by atoms with van der Waals surface area (Å²) in [7, 11) is 0. The minimum atomic E-state index is -1.28. The molecule has 2 atom stereocenters. The van der Waals surface area contributed by atoms with Gasteiger partial charge in [-0.1, -0.05) is 52.9 Å². The maximum Gasteiger partial charge on any atom is 0.343 e. The van der Waals surface area contributed by atoms with Gasteiger partial charge in [0.2, 0.25) is 0 Å². The van der Waals surface area contributed by atoms with Crippen molar-refractivity contribution in [3.05, 3.63) is 11.1 Å². The summed E-state index contributed by atoms with van der Waals surface area (Å²) in [5.41, 5.74) is 0.110. The summed E-state index contributed by atoms with van der Waals surface area (Å²) in [6.45, 7) is 6.37. The van der Waals surface area contributed by atoms with Gasteiger partial charge in [-0.05, 0) is 49.0 Å². The van der Waals surface area contributed by atoms with Crippen LogP contribution in [-0.4, -0.2) is 22.2 Å². The first-order valence-electron chi connectivity index (χ1n) is 9.10. The van der Waals surface area contributed by atoms with Crippen LogP contribution in [0.1, 0.15) is 85.0 Å². The quantitative estimate of drug-likeness (QED) is 0.354. The van der Waals surface area contributed by atoms with E-state index in [1.807, 2.05) is 0 Å². The lowest BCUT2D eigenvalue weighted by Gasteiger charge is -2.46. The first kappa shape index (κ1) is 19.7. The molecule has 0 spiro atoms. The van der Waals surface area contributed by atoms with E-state index in [0.717, 1.165) is 57.8 Å². The molecule has 1 aliphatic rings. The number of allylic oxidation sites excluding steroid dienone is 1. The van der Waals surface area contributed by atoms with Crippen molar-refractivity contribution in [1.29, 1.82) is 0 Å². The van der Waals surface area contributed by atoms with Gasteiger partial charge in [0.25, 0.3) is 0 Å². The van der Waals surface area contributed by atoms with Crippen LogP contribution in [-0.2, 0) is 9.59 Å². The second kappa shape index (κ2) is 9.09. The molecular weight excluding hydrogens is 292 g/mol. The van der Waals surface area contributed by atoms with Crippen LogP contribution in [0.2, 0.25) is 0 Å². The molecule has 0 radical (unpaired) electrons. The molecule has 2 N–H and O–H groups in total. The van der Waals surface area contributed by atoms with Gasteiger partial charge in [0.15, 0.2) is 0 Å². The minimum absolute atomic E-state index is 0.241. The molecule has 0 amide bonds. The molecule has 1 saturated carbocycles. The summed E-state index contributed by atoms with van der Waals surface area (Å²) in [6.07, 6.45) is 9.57. The van der Waals surface area contributed by atoms with Gasteiger partial charge in [-0.15, -0.1) is 0 Å². The molecule has 1 aliphatic carbocycles. The van der Waals surface area contributed by atoms with Crippen molar-refractivity contribution in [3.63, 3.8) is 0 Å². The first-order valence-corrected chi connectivity index (χ1v) is 9.10. The Morgan fingerprint density at radius 1 is 1.04 bits per heavy atom. The molecule has 2 unspecified atom stereocenters. The van der Waals surface area contributed by atoms with Crippen LogP contribution in [0.15, 0.2) is 11.1 Å². The van der Waals surface area contributed by atoms with E-state index in [-0.39, 0.29) is 11.0 Å². The summed E-state index contributed by atoms with van der Waals surface area (Å²) >= 11 is 0. The molecule has 0 aromatic rings. The fourth-order valence-corrected chi connectivity index (χ4v) is 4.20. The molecule has 4 heteroatoms. The fourth-order valence-electron chi connectivity index (χ4n) is 4.20. The number of carbonyl (C=O) groups is 2. The van der Waals surface area contributed by atoms with Crippen molar-refractivity contribution in [2.24, 2.45) is 11.3 Å². The molecule has 23 heavy (non-hydrogen) atoms. The predicted molar refractivity (Wildman–Crippen MR) is 91.4 cm³/mol. The van der Waals surface area contributed by atoms with Crippen LogP contribution in [0.5, 0.6) is 0 Å². The highest BCUT2D eigenvalue weighted by molar-refractivity contribution is 6.13. The van der Waals surface area contributed by atoms with Gasteiger partial charge in [0, 0.05) is 0 Å². The van der Waals surface area contributed by atoms with E-state index in [0.29, 0.717) is 17.9 Å². The molecule has 132 valence electrons. The molecule has 0 bridgehead atoms. The molecule has 0 aromatic heterocycles. The highest BCUT2D eigenvalue weighted by Crippen LogP contribution is 2.52. The number of carboxylic acids is 2. The van der Waals surface area contributed by atoms with Crippen molar-refractivity contribution in [2.75, 3.05) is 0 Å². The van der Waals surface area contributed by atoms with Gasteiger partial charge >= 0.3 is 11.9 Å². The normalized spacial score (nSPS) is 24.2. The number of rotatable bonds is 9. The van der Waals surface area contributed by atoms with E-state index in [1.54, 1.807) is 0 Å². The summed E-state index contributed by atoms with van der Waals surface area (Å²) in [5, 5.41) is 19.1. The summed E-state index contributed by atoms with van der Waals surface area (Å²) in [4.78, 5) is 23.3. The van der Waals surface area contributed by atoms with Crippen LogP contribution < -0.4 is 0 Å². The third-order valence-electron chi connectivity index (χ3n) is 5.54. The highest BCUT2D eigenvalue weighted by Gasteiger charge is 2.43. The van der Waals surface area contributed by atoms with E-state index in [9.17, 15) is 19.8 Å². The molecule has 0 heterocycles. The zero-order chi connectivity index (χ0) is 17.5. The first-order chi connectivity index (χ1) is 10.9. The lowest BCUT2D eigenvalue weighted by Crippen LogP contribution is -2.37. The molecule has 0 aromatic carbocycles. The Bertz CT molecular complexity index is 436. The fraction of sp³-hybridized carbons (Fsp3) is 0.789. The molecule has 1 rings (SSSR count). The van der Waals surface area contributed by atoms with Gasteiger partial charge in [-0.2, -0.15) is 0 Å². The number of unbranched alkanes of at least 4 members (excludes halogenated alkanes) is 2. The van der Waals surface area contributed by atoms with Crippen LogP contribution in [0.3, 0.4) is 0 Å². The van der Waals surface area contributed by atoms with E-state index >= 15 is 0 Å². The SMILES string of the molecule is CCCCC(=C(C(=O)O)C(=O)O)C1(CCCC)CCCCC1C. The monoisotopic (exact) mass is 324 g/mol. The Balaban J connectivity index is 3.45. The van der Waals surface area contributed by atoms with Crippen molar-refractivity contribution in [1.82, 2.24) is 0 Å². The Hall–Kier alpha value is -1.32. The van der Waals surface area contributed by atoms with Crippen LogP contribution in [0.4, 0.5) is 0 Å². The van der Waals surface area contributed by atoms with Crippen LogP contribution >= 0.6 is 0 Å². The van der Waals surface area contributed by atoms with Crippen LogP contribution in [0.25, 0.3) is 0 Å². The molecular formula is C19H32O4. The van der Waals surface area contributed by atoms with Gasteiger partial charge < -0.3 is 10.2 Å². The number of hydrogen-bond acceptors (Lipinski definition) is 2. The molecule has 0 saturated heterocycles. The predicted octanol–water partition coefficient (Wildman–Crippen LogP) is 5.03. The van der Waals surface area contributed by atoms with E-state index < -0.39 is 11.9 Å². The maximum absolute atomic E-state index is 11.7. The second-order valence-electron chi connectivity index (χ2n) is 6.97. The average Bonchev–Trinajstić information content (AvgIpc) is 2.50. The largest absolute Gasteiger partial charge is 0.477 e. The Morgan fingerprint density at radius 3 is 2.13 bits per heavy atom. The Kier molecular flexibility index (Phi) is 7.80. The third kappa shape index (κ3) is 4.58. The number of aliphatic carboxylic acids is 2. The van der Waals surface area contributed by atoms with Gasteiger partial charge in [0.05, 0.1) is 0 Å². The van der Waals surface area contributed by atoms with Crippen molar-refractivity contribution >= 4 is 11.9 Å². The molecule has 4 nitrogen and oxygen atoms in total. The van der Waals surface area contributed by atoms with Crippen molar-refractivity contribution in [2.45, 2.75) is 85.0 Å². The lowest BCUT2D eigenvalue weighted by atomic mass is 9.58.